The van der Waals surface area contributed by atoms with Gasteiger partial charge in [-0.2, -0.15) is 9.67 Å². The van der Waals surface area contributed by atoms with E-state index < -0.39 is 0 Å². The van der Waals surface area contributed by atoms with Gasteiger partial charge in [-0.3, -0.25) is 4.79 Å². The van der Waals surface area contributed by atoms with E-state index in [1.807, 2.05) is 29.2 Å². The van der Waals surface area contributed by atoms with Crippen molar-refractivity contribution in [2.75, 3.05) is 52.2 Å². The van der Waals surface area contributed by atoms with Crippen molar-refractivity contribution in [2.24, 2.45) is 11.8 Å². The predicted molar refractivity (Wildman–Crippen MR) is 124 cm³/mol. The zero-order valence-electron chi connectivity index (χ0n) is 19.1. The maximum absolute atomic E-state index is 12.9. The van der Waals surface area contributed by atoms with Gasteiger partial charge in [-0.1, -0.05) is 5.21 Å². The highest BCUT2D eigenvalue weighted by Gasteiger charge is 2.33. The van der Waals surface area contributed by atoms with Crippen LogP contribution in [-0.2, 0) is 4.79 Å². The summed E-state index contributed by atoms with van der Waals surface area (Å²) in [5.74, 6) is 2.24. The Morgan fingerprint density at radius 2 is 1.94 bits per heavy atom. The second-order valence-electron chi connectivity index (χ2n) is 8.99. The number of hydrogen-bond donors (Lipinski definition) is 1. The van der Waals surface area contributed by atoms with Crippen LogP contribution >= 0.6 is 0 Å². The van der Waals surface area contributed by atoms with Crippen LogP contribution in [0.25, 0.3) is 16.9 Å². The van der Waals surface area contributed by atoms with Gasteiger partial charge in [0.15, 0.2) is 11.2 Å². The number of carbonyl (C=O) groups is 1. The Labute approximate surface area is 192 Å². The van der Waals surface area contributed by atoms with Crippen molar-refractivity contribution in [2.45, 2.75) is 19.3 Å². The van der Waals surface area contributed by atoms with Crippen LogP contribution in [0.1, 0.15) is 19.3 Å². The molecule has 1 saturated carbocycles. The van der Waals surface area contributed by atoms with Gasteiger partial charge in [0.05, 0.1) is 19.0 Å². The molecule has 1 aromatic carbocycles. The zero-order valence-corrected chi connectivity index (χ0v) is 19.1. The van der Waals surface area contributed by atoms with Crippen molar-refractivity contribution in [3.63, 3.8) is 0 Å². The van der Waals surface area contributed by atoms with Crippen LogP contribution in [0.5, 0.6) is 5.75 Å². The summed E-state index contributed by atoms with van der Waals surface area (Å²) >= 11 is 0. The summed E-state index contributed by atoms with van der Waals surface area (Å²) in [6.45, 7) is 4.37. The fraction of sp³-hybridized carbons (Fsp3) is 0.522. The lowest BCUT2D eigenvalue weighted by Crippen LogP contribution is -2.48. The van der Waals surface area contributed by atoms with E-state index in [4.69, 9.17) is 4.74 Å². The fourth-order valence-electron chi connectivity index (χ4n) is 4.72. The standard InChI is InChI=1S/C23H30N8O2/c1-29-9-11-30(12-10-29)22(32)17-4-3-16(13-17)14-24-23-25-15-20-21(26-23)31(28-27-20)18-5-7-19(33-2)8-6-18/h5-8,15-17H,3-4,9-14H2,1-2H3,(H,24,25,26)/t16?,17-/m0/s1. The number of nitrogens with zero attached hydrogens (tertiary/aromatic N) is 7. The second kappa shape index (κ2) is 9.30. The van der Waals surface area contributed by atoms with Crippen molar-refractivity contribution in [3.05, 3.63) is 30.5 Å². The summed E-state index contributed by atoms with van der Waals surface area (Å²) in [6, 6.07) is 7.59. The van der Waals surface area contributed by atoms with E-state index >= 15 is 0 Å². The van der Waals surface area contributed by atoms with Crippen LogP contribution in [0.3, 0.4) is 0 Å². The van der Waals surface area contributed by atoms with Crippen molar-refractivity contribution in [3.8, 4) is 11.4 Å². The number of benzene rings is 1. The molecular formula is C23H30N8O2. The molecule has 1 N–H and O–H groups in total. The summed E-state index contributed by atoms with van der Waals surface area (Å²) in [5, 5.41) is 11.8. The van der Waals surface area contributed by atoms with Gasteiger partial charge in [0.2, 0.25) is 11.9 Å². The number of rotatable bonds is 6. The van der Waals surface area contributed by atoms with E-state index in [2.05, 4.69) is 37.5 Å². The number of piperazine rings is 1. The summed E-state index contributed by atoms with van der Waals surface area (Å²) in [5.41, 5.74) is 2.13. The summed E-state index contributed by atoms with van der Waals surface area (Å²) in [6.07, 6.45) is 4.62. The Bertz CT molecular complexity index is 1110. The Morgan fingerprint density at radius 1 is 1.15 bits per heavy atom. The largest absolute Gasteiger partial charge is 0.497 e. The number of ether oxygens (including phenoxy) is 1. The lowest BCUT2D eigenvalue weighted by atomic mass is 10.0. The maximum Gasteiger partial charge on any atom is 0.225 e. The van der Waals surface area contributed by atoms with Gasteiger partial charge in [0.1, 0.15) is 5.75 Å². The molecule has 3 aromatic rings. The summed E-state index contributed by atoms with van der Waals surface area (Å²) in [7, 11) is 3.75. The van der Waals surface area contributed by atoms with E-state index in [0.29, 0.717) is 28.9 Å². The molecule has 1 aliphatic heterocycles. The first kappa shape index (κ1) is 21.6. The number of aromatic nitrogens is 5. The van der Waals surface area contributed by atoms with Crippen LogP contribution in [0.4, 0.5) is 5.95 Å². The van der Waals surface area contributed by atoms with Crippen LogP contribution in [0.2, 0.25) is 0 Å². The third-order valence-electron chi connectivity index (χ3n) is 6.76. The van der Waals surface area contributed by atoms with E-state index in [-0.39, 0.29) is 5.92 Å². The highest BCUT2D eigenvalue weighted by Crippen LogP contribution is 2.32. The van der Waals surface area contributed by atoms with Crippen LogP contribution in [0, 0.1) is 11.8 Å². The van der Waals surface area contributed by atoms with Gasteiger partial charge in [-0.05, 0) is 56.5 Å². The number of likely N-dealkylation sites (N-methyl/N-ethyl adjacent to an activating group) is 1. The van der Waals surface area contributed by atoms with Crippen LogP contribution in [-0.4, -0.2) is 87.6 Å². The average Bonchev–Trinajstić information content (AvgIpc) is 3.50. The number of amides is 1. The molecule has 5 rings (SSSR count). The van der Waals surface area contributed by atoms with Crippen molar-refractivity contribution < 1.29 is 9.53 Å². The number of methoxy groups -OCH3 is 1. The molecular weight excluding hydrogens is 420 g/mol. The van der Waals surface area contributed by atoms with Gasteiger partial charge in [0.25, 0.3) is 0 Å². The highest BCUT2D eigenvalue weighted by atomic mass is 16.5. The minimum absolute atomic E-state index is 0.143. The molecule has 174 valence electrons. The molecule has 10 heteroatoms. The average molecular weight is 451 g/mol. The number of nitrogens with one attached hydrogen (secondary N) is 1. The molecule has 10 nitrogen and oxygen atoms in total. The summed E-state index contributed by atoms with van der Waals surface area (Å²) < 4.78 is 6.92. The van der Waals surface area contributed by atoms with Gasteiger partial charge >= 0.3 is 0 Å². The first-order chi connectivity index (χ1) is 16.1. The minimum atomic E-state index is 0.143. The molecule has 2 atom stereocenters. The van der Waals surface area contributed by atoms with E-state index in [1.165, 1.54) is 0 Å². The molecule has 1 aliphatic carbocycles. The number of anilines is 1. The third-order valence-corrected chi connectivity index (χ3v) is 6.76. The molecule has 0 radical (unpaired) electrons. The normalized spacial score (nSPS) is 21.5. The van der Waals surface area contributed by atoms with E-state index in [1.54, 1.807) is 18.0 Å². The molecule has 2 aromatic heterocycles. The van der Waals surface area contributed by atoms with E-state index in [9.17, 15) is 4.79 Å². The van der Waals surface area contributed by atoms with E-state index in [0.717, 1.165) is 63.4 Å². The van der Waals surface area contributed by atoms with Crippen molar-refractivity contribution >= 4 is 23.0 Å². The van der Waals surface area contributed by atoms with Crippen LogP contribution < -0.4 is 10.1 Å². The lowest BCUT2D eigenvalue weighted by molar-refractivity contribution is -0.137. The first-order valence-corrected chi connectivity index (χ1v) is 11.5. The topological polar surface area (TPSA) is 101 Å². The van der Waals surface area contributed by atoms with Gasteiger partial charge < -0.3 is 19.9 Å². The molecule has 33 heavy (non-hydrogen) atoms. The second-order valence-corrected chi connectivity index (χ2v) is 8.99. The fourth-order valence-corrected chi connectivity index (χ4v) is 4.72. The molecule has 1 saturated heterocycles. The van der Waals surface area contributed by atoms with Gasteiger partial charge in [0, 0.05) is 38.6 Å². The molecule has 1 amide bonds. The smallest absolute Gasteiger partial charge is 0.225 e. The quantitative estimate of drug-likeness (QED) is 0.607. The lowest BCUT2D eigenvalue weighted by Gasteiger charge is -2.34. The Hall–Kier alpha value is -3.27. The molecule has 2 fully saturated rings. The monoisotopic (exact) mass is 450 g/mol. The maximum atomic E-state index is 12.9. The number of fused-ring (bicyclic) bond motifs is 1. The number of hydrogen-bond acceptors (Lipinski definition) is 8. The number of carbonyl (C=O) groups excluding carboxylic acids is 1. The molecule has 2 aliphatic rings. The molecule has 3 heterocycles. The minimum Gasteiger partial charge on any atom is -0.497 e. The zero-order chi connectivity index (χ0) is 22.8. The first-order valence-electron chi connectivity index (χ1n) is 11.5. The van der Waals surface area contributed by atoms with Crippen molar-refractivity contribution in [1.82, 2.24) is 34.8 Å². The third kappa shape index (κ3) is 4.61. The Morgan fingerprint density at radius 3 is 2.70 bits per heavy atom. The van der Waals surface area contributed by atoms with Crippen LogP contribution in [0.15, 0.2) is 30.5 Å². The summed E-state index contributed by atoms with van der Waals surface area (Å²) in [4.78, 5) is 26.3. The Balaban J connectivity index is 1.21. The van der Waals surface area contributed by atoms with Crippen molar-refractivity contribution in [1.29, 1.82) is 0 Å². The van der Waals surface area contributed by atoms with Gasteiger partial charge in [-0.15, -0.1) is 5.10 Å². The highest BCUT2D eigenvalue weighted by molar-refractivity contribution is 5.79. The predicted octanol–water partition coefficient (Wildman–Crippen LogP) is 1.82. The molecule has 0 bridgehead atoms. The SMILES string of the molecule is COc1ccc(-n2nnc3cnc(NCC4CC[C@H](C(=O)N5CCN(C)CC5)C4)nc32)cc1. The molecule has 0 spiro atoms. The molecule has 1 unspecified atom stereocenters. The Kier molecular flexibility index (Phi) is 6.08. The van der Waals surface area contributed by atoms with Gasteiger partial charge in [-0.25, -0.2) is 4.98 Å².